The van der Waals surface area contributed by atoms with Crippen LogP contribution in [0, 0.1) is 29.0 Å². The van der Waals surface area contributed by atoms with Crippen LogP contribution in [-0.2, 0) is 19.5 Å². The fourth-order valence-corrected chi connectivity index (χ4v) is 6.72. The number of esters is 1. The Morgan fingerprint density at radius 2 is 1.93 bits per heavy atom. The molecule has 3 saturated carbocycles. The maximum atomic E-state index is 14.4. The van der Waals surface area contributed by atoms with Crippen LogP contribution in [0.4, 0.5) is 4.39 Å². The van der Waals surface area contributed by atoms with Crippen LogP contribution in [0.15, 0.2) is 23.1 Å². The minimum Gasteiger partial charge on any atom is -0.458 e. The van der Waals surface area contributed by atoms with Crippen LogP contribution >= 0.6 is 0 Å². The maximum Gasteiger partial charge on any atom is 0.338 e. The van der Waals surface area contributed by atoms with Crippen LogP contribution in [0.2, 0.25) is 0 Å². The van der Waals surface area contributed by atoms with E-state index in [0.29, 0.717) is 11.8 Å². The largest absolute Gasteiger partial charge is 0.458 e. The number of halogens is 1. The summed E-state index contributed by atoms with van der Waals surface area (Å²) in [7, 11) is -4.04. The van der Waals surface area contributed by atoms with Gasteiger partial charge < -0.3 is 9.47 Å². The molecule has 8 heteroatoms. The SMILES string of the molecule is CC1C(OC(=O)c2ccc(F)c(S(=O)(=O)N3CCOCC3)c2)CC2CC1C2(C)C. The van der Waals surface area contributed by atoms with E-state index < -0.39 is 26.7 Å². The monoisotopic (exact) mass is 425 g/mol. The highest BCUT2D eigenvalue weighted by atomic mass is 32.2. The Bertz CT molecular complexity index is 910. The van der Waals surface area contributed by atoms with Crippen LogP contribution in [-0.4, -0.2) is 51.1 Å². The van der Waals surface area contributed by atoms with Crippen molar-refractivity contribution in [3.8, 4) is 0 Å². The zero-order valence-electron chi connectivity index (χ0n) is 17.1. The third-order valence-corrected chi connectivity index (χ3v) is 9.21. The highest BCUT2D eigenvalue weighted by Crippen LogP contribution is 2.61. The number of morpholine rings is 1. The third-order valence-electron chi connectivity index (χ3n) is 7.30. The van der Waals surface area contributed by atoms with Gasteiger partial charge in [0.05, 0.1) is 18.8 Å². The van der Waals surface area contributed by atoms with Crippen molar-refractivity contribution in [1.82, 2.24) is 4.31 Å². The lowest BCUT2D eigenvalue weighted by molar-refractivity contribution is -0.156. The van der Waals surface area contributed by atoms with Crippen molar-refractivity contribution in [2.45, 2.75) is 44.6 Å². The normalized spacial score (nSPS) is 31.7. The summed E-state index contributed by atoms with van der Waals surface area (Å²) < 4.78 is 52.1. The molecule has 0 N–H and O–H groups in total. The number of hydrogen-bond acceptors (Lipinski definition) is 5. The molecule has 3 aliphatic carbocycles. The van der Waals surface area contributed by atoms with Crippen molar-refractivity contribution in [1.29, 1.82) is 0 Å². The highest BCUT2D eigenvalue weighted by molar-refractivity contribution is 7.89. The highest BCUT2D eigenvalue weighted by Gasteiger charge is 2.57. The fraction of sp³-hybridized carbons (Fsp3) is 0.667. The van der Waals surface area contributed by atoms with Crippen LogP contribution in [0.3, 0.4) is 0 Å². The summed E-state index contributed by atoms with van der Waals surface area (Å²) in [6.07, 6.45) is 1.79. The van der Waals surface area contributed by atoms with Gasteiger partial charge in [-0.15, -0.1) is 0 Å². The number of fused-ring (bicyclic) bond motifs is 2. The Labute approximate surface area is 171 Å². The number of benzene rings is 1. The van der Waals surface area contributed by atoms with Crippen molar-refractivity contribution in [3.05, 3.63) is 29.6 Å². The molecule has 29 heavy (non-hydrogen) atoms. The Balaban J connectivity index is 1.52. The van der Waals surface area contributed by atoms with Gasteiger partial charge >= 0.3 is 5.97 Å². The van der Waals surface area contributed by atoms with Gasteiger partial charge in [-0.25, -0.2) is 17.6 Å². The summed E-state index contributed by atoms with van der Waals surface area (Å²) in [5.41, 5.74) is 0.335. The van der Waals surface area contributed by atoms with Crippen molar-refractivity contribution < 1.29 is 27.1 Å². The molecule has 0 aromatic heterocycles. The molecule has 0 amide bonds. The molecule has 6 nitrogen and oxygen atoms in total. The number of nitrogens with zero attached hydrogens (tertiary/aromatic N) is 1. The summed E-state index contributed by atoms with van der Waals surface area (Å²) in [6, 6.07) is 3.41. The zero-order chi connectivity index (χ0) is 21.0. The van der Waals surface area contributed by atoms with E-state index in [1.807, 2.05) is 0 Å². The molecular formula is C21H28FNO5S. The first kappa shape index (κ1) is 20.8. The predicted molar refractivity (Wildman–Crippen MR) is 104 cm³/mol. The molecule has 1 aromatic carbocycles. The van der Waals surface area contributed by atoms with E-state index in [1.165, 1.54) is 16.8 Å². The van der Waals surface area contributed by atoms with Crippen LogP contribution < -0.4 is 0 Å². The van der Waals surface area contributed by atoms with E-state index in [0.717, 1.165) is 18.6 Å². The number of rotatable bonds is 4. The van der Waals surface area contributed by atoms with Crippen LogP contribution in [0.5, 0.6) is 0 Å². The van der Waals surface area contributed by atoms with Gasteiger partial charge in [0.1, 0.15) is 16.8 Å². The van der Waals surface area contributed by atoms with E-state index in [9.17, 15) is 17.6 Å². The Morgan fingerprint density at radius 3 is 2.55 bits per heavy atom. The second kappa shape index (κ2) is 7.32. The van der Waals surface area contributed by atoms with Crippen molar-refractivity contribution in [3.63, 3.8) is 0 Å². The van der Waals surface area contributed by atoms with Crippen molar-refractivity contribution in [2.24, 2.45) is 23.2 Å². The molecule has 1 aliphatic heterocycles. The van der Waals surface area contributed by atoms with E-state index in [4.69, 9.17) is 9.47 Å². The van der Waals surface area contributed by atoms with E-state index in [1.54, 1.807) is 0 Å². The summed E-state index contributed by atoms with van der Waals surface area (Å²) in [5, 5.41) is 0. The molecule has 4 atom stereocenters. The lowest BCUT2D eigenvalue weighted by Crippen LogP contribution is -2.57. The Hall–Kier alpha value is -1.51. The van der Waals surface area contributed by atoms with Crippen molar-refractivity contribution in [2.75, 3.05) is 26.3 Å². The molecule has 2 bridgehead atoms. The van der Waals surface area contributed by atoms with Gasteiger partial charge in [0.15, 0.2) is 0 Å². The summed E-state index contributed by atoms with van der Waals surface area (Å²) in [6.45, 7) is 7.50. The first-order valence-electron chi connectivity index (χ1n) is 10.2. The number of sulfonamides is 1. The molecular weight excluding hydrogens is 397 g/mol. The van der Waals surface area contributed by atoms with Crippen LogP contribution in [0.1, 0.15) is 44.0 Å². The molecule has 160 valence electrons. The van der Waals surface area contributed by atoms with E-state index >= 15 is 0 Å². The zero-order valence-corrected chi connectivity index (χ0v) is 17.9. The quantitative estimate of drug-likeness (QED) is 0.694. The molecule has 1 saturated heterocycles. The summed E-state index contributed by atoms with van der Waals surface area (Å²) >= 11 is 0. The number of carbonyl (C=O) groups is 1. The summed E-state index contributed by atoms with van der Waals surface area (Å²) in [4.78, 5) is 12.2. The van der Waals surface area contributed by atoms with E-state index in [-0.39, 0.29) is 49.3 Å². The molecule has 0 radical (unpaired) electrons. The lowest BCUT2D eigenvalue weighted by atomic mass is 9.45. The third kappa shape index (κ3) is 3.49. The minimum atomic E-state index is -4.04. The topological polar surface area (TPSA) is 72.9 Å². The first-order chi connectivity index (χ1) is 13.6. The second-order valence-electron chi connectivity index (χ2n) is 9.06. The molecule has 4 aliphatic rings. The average Bonchev–Trinajstić information content (AvgIpc) is 2.69. The maximum absolute atomic E-state index is 14.4. The van der Waals surface area contributed by atoms with Gasteiger partial charge in [-0.2, -0.15) is 4.31 Å². The average molecular weight is 426 g/mol. The lowest BCUT2D eigenvalue weighted by Gasteiger charge is -2.61. The van der Waals surface area contributed by atoms with Gasteiger partial charge in [-0.05, 0) is 54.2 Å². The molecule has 4 fully saturated rings. The predicted octanol–water partition coefficient (Wildman–Crippen LogP) is 3.07. The number of carbonyl (C=O) groups excluding carboxylic acids is 1. The molecule has 5 rings (SSSR count). The molecule has 1 heterocycles. The van der Waals surface area contributed by atoms with Gasteiger partial charge in [0, 0.05) is 13.1 Å². The molecule has 4 unspecified atom stereocenters. The summed E-state index contributed by atoms with van der Waals surface area (Å²) in [5.74, 6) is -0.172. The standard InChI is InChI=1S/C21H28FNO5S/c1-13-16-11-15(21(16,2)3)12-18(13)28-20(24)14-4-5-17(22)19(10-14)29(25,26)23-6-8-27-9-7-23/h4-5,10,13,15-16,18H,6-9,11-12H2,1-3H3. The first-order valence-corrected chi connectivity index (χ1v) is 11.6. The minimum absolute atomic E-state index is 0.0592. The van der Waals surface area contributed by atoms with Crippen LogP contribution in [0.25, 0.3) is 0 Å². The van der Waals surface area contributed by atoms with Gasteiger partial charge in [0.2, 0.25) is 10.0 Å². The molecule has 0 spiro atoms. The Morgan fingerprint density at radius 1 is 1.24 bits per heavy atom. The Kier molecular flexibility index (Phi) is 5.24. The van der Waals surface area contributed by atoms with E-state index in [2.05, 4.69) is 20.8 Å². The number of ether oxygens (including phenoxy) is 2. The van der Waals surface area contributed by atoms with Gasteiger partial charge in [-0.3, -0.25) is 0 Å². The molecule has 1 aromatic rings. The van der Waals surface area contributed by atoms with Gasteiger partial charge in [-0.1, -0.05) is 20.8 Å². The number of hydrogen-bond donors (Lipinski definition) is 0. The van der Waals surface area contributed by atoms with Gasteiger partial charge in [0.25, 0.3) is 0 Å². The second-order valence-corrected chi connectivity index (χ2v) is 11.0. The fourth-order valence-electron chi connectivity index (χ4n) is 5.22. The smallest absolute Gasteiger partial charge is 0.338 e. The van der Waals surface area contributed by atoms with Crippen molar-refractivity contribution >= 4 is 16.0 Å².